The van der Waals surface area contributed by atoms with E-state index in [0.29, 0.717) is 18.9 Å². The van der Waals surface area contributed by atoms with Crippen LogP contribution in [-0.2, 0) is 22.3 Å². The molecule has 2 atom stereocenters. The van der Waals surface area contributed by atoms with Gasteiger partial charge in [-0.2, -0.15) is 0 Å². The van der Waals surface area contributed by atoms with E-state index in [-0.39, 0.29) is 6.10 Å². The molecule has 0 amide bonds. The number of nitrogens with zero attached hydrogens (tertiary/aromatic N) is 2. The number of ether oxygens (including phenoxy) is 1. The first-order chi connectivity index (χ1) is 8.65. The Hall–Kier alpha value is -0.980. The standard InChI is InChI=1S/C12H19N3O2S/c1-18(16)15(9-11-3-2-6-17-11)8-10-4-5-12(13)14-7-10/h4-5,7,11H,2-3,6,8-9H2,1H3,(H2,13,14)/t11-,18?/m1/s1. The van der Waals surface area contributed by atoms with E-state index in [1.165, 1.54) is 0 Å². The van der Waals surface area contributed by atoms with Crippen molar-refractivity contribution >= 4 is 16.8 Å². The maximum atomic E-state index is 11.7. The molecule has 2 rings (SSSR count). The minimum Gasteiger partial charge on any atom is -0.384 e. The number of hydrogen-bond donors (Lipinski definition) is 1. The smallest absolute Gasteiger partial charge is 0.123 e. The lowest BCUT2D eigenvalue weighted by molar-refractivity contribution is 0.0939. The molecule has 100 valence electrons. The maximum absolute atomic E-state index is 11.7. The lowest BCUT2D eigenvalue weighted by Gasteiger charge is -2.22. The van der Waals surface area contributed by atoms with Crippen molar-refractivity contribution in [3.8, 4) is 0 Å². The summed E-state index contributed by atoms with van der Waals surface area (Å²) in [5, 5.41) is 0. The second-order valence-corrected chi connectivity index (χ2v) is 5.84. The second-order valence-electron chi connectivity index (χ2n) is 4.47. The normalized spacial score (nSPS) is 21.3. The van der Waals surface area contributed by atoms with Crippen molar-refractivity contribution in [2.24, 2.45) is 0 Å². The second kappa shape index (κ2) is 6.26. The number of nitrogens with two attached hydrogens (primary N) is 1. The molecular formula is C12H19N3O2S. The Balaban J connectivity index is 1.97. The van der Waals surface area contributed by atoms with E-state index in [1.807, 2.05) is 10.4 Å². The van der Waals surface area contributed by atoms with Crippen molar-refractivity contribution in [2.45, 2.75) is 25.5 Å². The maximum Gasteiger partial charge on any atom is 0.123 e. The molecule has 0 saturated carbocycles. The molecular weight excluding hydrogens is 250 g/mol. The predicted octanol–water partition coefficient (Wildman–Crippen LogP) is 0.938. The van der Waals surface area contributed by atoms with Crippen molar-refractivity contribution in [1.82, 2.24) is 9.29 Å². The monoisotopic (exact) mass is 269 g/mol. The van der Waals surface area contributed by atoms with Crippen molar-refractivity contribution < 1.29 is 8.95 Å². The molecule has 0 bridgehead atoms. The zero-order chi connectivity index (χ0) is 13.0. The van der Waals surface area contributed by atoms with Gasteiger partial charge in [0.1, 0.15) is 5.82 Å². The van der Waals surface area contributed by atoms with Crippen LogP contribution in [0, 0.1) is 0 Å². The van der Waals surface area contributed by atoms with Gasteiger partial charge in [-0.05, 0) is 24.5 Å². The van der Waals surface area contributed by atoms with Gasteiger partial charge in [-0.15, -0.1) is 0 Å². The first kappa shape index (κ1) is 13.5. The van der Waals surface area contributed by atoms with E-state index >= 15 is 0 Å². The highest BCUT2D eigenvalue weighted by Gasteiger charge is 2.21. The lowest BCUT2D eigenvalue weighted by atomic mass is 10.2. The Bertz CT molecular complexity index is 404. The van der Waals surface area contributed by atoms with Gasteiger partial charge in [0.15, 0.2) is 0 Å². The van der Waals surface area contributed by atoms with E-state index in [1.54, 1.807) is 18.5 Å². The molecule has 18 heavy (non-hydrogen) atoms. The Kier molecular flexibility index (Phi) is 4.68. The Morgan fingerprint density at radius 3 is 3.00 bits per heavy atom. The zero-order valence-electron chi connectivity index (χ0n) is 10.5. The molecule has 6 heteroatoms. The van der Waals surface area contributed by atoms with Crippen LogP contribution in [0.4, 0.5) is 5.82 Å². The van der Waals surface area contributed by atoms with E-state index in [0.717, 1.165) is 25.0 Å². The number of anilines is 1. The van der Waals surface area contributed by atoms with Crippen LogP contribution in [0.25, 0.3) is 0 Å². The molecule has 1 aliphatic heterocycles. The van der Waals surface area contributed by atoms with E-state index < -0.39 is 11.0 Å². The predicted molar refractivity (Wildman–Crippen MR) is 72.1 cm³/mol. The van der Waals surface area contributed by atoms with Crippen molar-refractivity contribution in [3.63, 3.8) is 0 Å². The van der Waals surface area contributed by atoms with Gasteiger partial charge in [0.05, 0.1) is 17.1 Å². The van der Waals surface area contributed by atoms with Gasteiger partial charge < -0.3 is 10.5 Å². The van der Waals surface area contributed by atoms with Gasteiger partial charge in [0.2, 0.25) is 0 Å². The molecule has 0 aromatic carbocycles. The topological polar surface area (TPSA) is 68.5 Å². The third-order valence-corrected chi connectivity index (χ3v) is 4.01. The van der Waals surface area contributed by atoms with Crippen LogP contribution in [0.1, 0.15) is 18.4 Å². The lowest BCUT2D eigenvalue weighted by Crippen LogP contribution is -2.32. The fraction of sp³-hybridized carbons (Fsp3) is 0.583. The SMILES string of the molecule is CS(=O)N(Cc1ccc(N)nc1)C[C@H]1CCCO1. The van der Waals surface area contributed by atoms with Crippen molar-refractivity contribution in [1.29, 1.82) is 0 Å². The highest BCUT2D eigenvalue weighted by atomic mass is 32.2. The molecule has 1 saturated heterocycles. The third kappa shape index (κ3) is 3.76. The number of aromatic nitrogens is 1. The Morgan fingerprint density at radius 1 is 1.61 bits per heavy atom. The Morgan fingerprint density at radius 2 is 2.44 bits per heavy atom. The van der Waals surface area contributed by atoms with E-state index in [2.05, 4.69) is 4.98 Å². The molecule has 1 unspecified atom stereocenters. The minimum absolute atomic E-state index is 0.204. The van der Waals surface area contributed by atoms with Gasteiger partial charge in [-0.1, -0.05) is 6.07 Å². The molecule has 1 aromatic heterocycles. The van der Waals surface area contributed by atoms with Crippen LogP contribution < -0.4 is 5.73 Å². The van der Waals surface area contributed by atoms with Crippen LogP contribution >= 0.6 is 0 Å². The summed E-state index contributed by atoms with van der Waals surface area (Å²) in [5.41, 5.74) is 6.56. The van der Waals surface area contributed by atoms with E-state index in [9.17, 15) is 4.21 Å². The number of hydrogen-bond acceptors (Lipinski definition) is 4. The van der Waals surface area contributed by atoms with Crippen molar-refractivity contribution in [2.75, 3.05) is 25.1 Å². The average molecular weight is 269 g/mol. The van der Waals surface area contributed by atoms with Gasteiger partial charge in [-0.25, -0.2) is 13.5 Å². The van der Waals surface area contributed by atoms with Crippen LogP contribution in [0.3, 0.4) is 0 Å². The van der Waals surface area contributed by atoms with Crippen LogP contribution in [0.15, 0.2) is 18.3 Å². The van der Waals surface area contributed by atoms with Crippen LogP contribution in [0.5, 0.6) is 0 Å². The fourth-order valence-electron chi connectivity index (χ4n) is 2.01. The summed E-state index contributed by atoms with van der Waals surface area (Å²) in [6, 6.07) is 3.68. The number of nitrogen functional groups attached to an aromatic ring is 1. The Labute approximate surface area is 110 Å². The van der Waals surface area contributed by atoms with E-state index in [4.69, 9.17) is 10.5 Å². The summed E-state index contributed by atoms with van der Waals surface area (Å²) in [5.74, 6) is 0.502. The molecule has 0 spiro atoms. The summed E-state index contributed by atoms with van der Waals surface area (Å²) in [6.07, 6.45) is 5.77. The summed E-state index contributed by atoms with van der Waals surface area (Å²) in [6.45, 7) is 2.13. The molecule has 0 aliphatic carbocycles. The van der Waals surface area contributed by atoms with Gasteiger partial charge in [-0.3, -0.25) is 0 Å². The molecule has 2 heterocycles. The first-order valence-electron chi connectivity index (χ1n) is 6.05. The zero-order valence-corrected chi connectivity index (χ0v) is 11.4. The molecule has 1 fully saturated rings. The highest BCUT2D eigenvalue weighted by Crippen LogP contribution is 2.16. The largest absolute Gasteiger partial charge is 0.384 e. The molecule has 2 N–H and O–H groups in total. The summed E-state index contributed by atoms with van der Waals surface area (Å²) in [4.78, 5) is 4.04. The van der Waals surface area contributed by atoms with Crippen LogP contribution in [-0.4, -0.2) is 39.0 Å². The van der Waals surface area contributed by atoms with Crippen molar-refractivity contribution in [3.05, 3.63) is 23.9 Å². The van der Waals surface area contributed by atoms with Crippen LogP contribution in [0.2, 0.25) is 0 Å². The minimum atomic E-state index is -1.01. The molecule has 1 aromatic rings. The van der Waals surface area contributed by atoms with Gasteiger partial charge in [0, 0.05) is 32.1 Å². The first-order valence-corrected chi connectivity index (χ1v) is 7.57. The quantitative estimate of drug-likeness (QED) is 0.863. The molecule has 5 nitrogen and oxygen atoms in total. The fourth-order valence-corrected chi connectivity index (χ4v) is 2.72. The third-order valence-electron chi connectivity index (χ3n) is 3.00. The number of rotatable bonds is 5. The summed E-state index contributed by atoms with van der Waals surface area (Å²) in [7, 11) is -1.01. The van der Waals surface area contributed by atoms with Gasteiger partial charge in [0.25, 0.3) is 0 Å². The summed E-state index contributed by atoms with van der Waals surface area (Å²) >= 11 is 0. The number of pyridine rings is 1. The molecule has 1 aliphatic rings. The highest BCUT2D eigenvalue weighted by molar-refractivity contribution is 7.81. The summed E-state index contributed by atoms with van der Waals surface area (Å²) < 4.78 is 19.2. The van der Waals surface area contributed by atoms with Gasteiger partial charge >= 0.3 is 0 Å². The molecule has 0 radical (unpaired) electrons. The average Bonchev–Trinajstić information content (AvgIpc) is 2.84.